The molecule has 0 heterocycles. The van der Waals surface area contributed by atoms with E-state index >= 15 is 0 Å². The smallest absolute Gasteiger partial charge is 0.179 e. The molecule has 20 heavy (non-hydrogen) atoms. The number of carbonyl (C=O) groups is 1. The Labute approximate surface area is 122 Å². The quantitative estimate of drug-likeness (QED) is 0.361. The molecule has 0 fully saturated rings. The number of nitrogens with zero attached hydrogens (tertiary/aromatic N) is 1. The number of hydrogen-bond acceptors (Lipinski definition) is 3. The number of rotatable bonds is 10. The summed E-state index contributed by atoms with van der Waals surface area (Å²) in [5, 5.41) is 3.76. The average molecular weight is 275 g/mol. The molecule has 0 saturated carbocycles. The third-order valence-corrected chi connectivity index (χ3v) is 3.30. The number of benzene rings is 1. The molecule has 0 aromatic heterocycles. The van der Waals surface area contributed by atoms with E-state index in [9.17, 15) is 4.79 Å². The molecule has 3 nitrogen and oxygen atoms in total. The second kappa shape index (κ2) is 10.2. The molecule has 1 atom stereocenters. The molecule has 0 saturated heterocycles. The summed E-state index contributed by atoms with van der Waals surface area (Å²) in [5.74, 6) is 0.0884. The van der Waals surface area contributed by atoms with Gasteiger partial charge >= 0.3 is 0 Å². The lowest BCUT2D eigenvalue weighted by Crippen LogP contribution is -2.12. The van der Waals surface area contributed by atoms with Crippen molar-refractivity contribution in [3.05, 3.63) is 35.9 Å². The lowest BCUT2D eigenvalue weighted by Gasteiger charge is -2.06. The number of ketones is 1. The third kappa shape index (κ3) is 7.07. The average Bonchev–Trinajstić information content (AvgIpc) is 2.48. The van der Waals surface area contributed by atoms with Crippen molar-refractivity contribution in [3.8, 4) is 0 Å². The summed E-state index contributed by atoms with van der Waals surface area (Å²) in [4.78, 5) is 16.9. The molecule has 0 N–H and O–H groups in total. The molecule has 0 spiro atoms. The molecule has 0 aliphatic rings. The first-order valence-corrected chi connectivity index (χ1v) is 7.47. The first-order valence-electron chi connectivity index (χ1n) is 7.47. The van der Waals surface area contributed by atoms with Gasteiger partial charge in [0.05, 0.1) is 0 Å². The molecule has 0 aliphatic carbocycles. The van der Waals surface area contributed by atoms with E-state index in [1.807, 2.05) is 37.3 Å². The highest BCUT2D eigenvalue weighted by Crippen LogP contribution is 2.10. The van der Waals surface area contributed by atoms with Gasteiger partial charge in [-0.05, 0) is 12.0 Å². The number of unbranched alkanes of at least 4 members (excludes halogenated alkanes) is 3. The minimum Gasteiger partial charge on any atom is -0.391 e. The van der Waals surface area contributed by atoms with E-state index < -0.39 is 0 Å². The van der Waals surface area contributed by atoms with Gasteiger partial charge in [-0.3, -0.25) is 4.79 Å². The molecule has 0 aliphatic heterocycles. The first-order chi connectivity index (χ1) is 9.74. The van der Waals surface area contributed by atoms with Crippen molar-refractivity contribution in [2.45, 2.75) is 52.6 Å². The van der Waals surface area contributed by atoms with Crippen molar-refractivity contribution in [2.75, 3.05) is 0 Å². The maximum Gasteiger partial charge on any atom is 0.179 e. The Bertz CT molecular complexity index is 401. The second-order valence-corrected chi connectivity index (χ2v) is 5.15. The summed E-state index contributed by atoms with van der Waals surface area (Å²) in [7, 11) is 0. The Morgan fingerprint density at radius 3 is 2.70 bits per heavy atom. The van der Waals surface area contributed by atoms with Gasteiger partial charge in [0, 0.05) is 5.92 Å². The highest BCUT2D eigenvalue weighted by Gasteiger charge is 2.10. The molecule has 1 aromatic carbocycles. The fourth-order valence-electron chi connectivity index (χ4n) is 1.92. The number of Topliss-reactive ketones (excluding diaryl/α,β-unsaturated/α-hetero) is 1. The van der Waals surface area contributed by atoms with Gasteiger partial charge in [0.25, 0.3) is 0 Å². The van der Waals surface area contributed by atoms with Crippen LogP contribution in [0.2, 0.25) is 0 Å². The summed E-state index contributed by atoms with van der Waals surface area (Å²) < 4.78 is 0. The molecule has 3 heteroatoms. The normalized spacial score (nSPS) is 12.5. The Morgan fingerprint density at radius 2 is 2.00 bits per heavy atom. The Morgan fingerprint density at radius 1 is 1.25 bits per heavy atom. The van der Waals surface area contributed by atoms with Crippen LogP contribution in [0.3, 0.4) is 0 Å². The zero-order valence-electron chi connectivity index (χ0n) is 12.5. The lowest BCUT2D eigenvalue weighted by molar-refractivity contribution is -0.116. The Hall–Kier alpha value is -1.64. The van der Waals surface area contributed by atoms with Gasteiger partial charge < -0.3 is 4.84 Å². The van der Waals surface area contributed by atoms with Crippen LogP contribution in [0.1, 0.15) is 51.5 Å². The second-order valence-electron chi connectivity index (χ2n) is 5.15. The fraction of sp³-hybridized carbons (Fsp3) is 0.529. The summed E-state index contributed by atoms with van der Waals surface area (Å²) in [6.45, 7) is 4.54. The van der Waals surface area contributed by atoms with Crippen molar-refractivity contribution >= 4 is 12.0 Å². The van der Waals surface area contributed by atoms with E-state index in [1.54, 1.807) is 0 Å². The van der Waals surface area contributed by atoms with Crippen LogP contribution in [0.5, 0.6) is 0 Å². The van der Waals surface area contributed by atoms with Gasteiger partial charge in [-0.2, -0.15) is 0 Å². The van der Waals surface area contributed by atoms with Crippen LogP contribution in [-0.4, -0.2) is 12.0 Å². The molecule has 0 bridgehead atoms. The summed E-state index contributed by atoms with van der Waals surface area (Å²) in [6, 6.07) is 9.79. The maximum atomic E-state index is 11.8. The number of hydrogen-bond donors (Lipinski definition) is 0. The third-order valence-electron chi connectivity index (χ3n) is 3.30. The number of oxime groups is 1. The van der Waals surface area contributed by atoms with Crippen LogP contribution in [0.15, 0.2) is 35.5 Å². The minimum atomic E-state index is 0.0379. The molecule has 0 amide bonds. The summed E-state index contributed by atoms with van der Waals surface area (Å²) in [5.41, 5.74) is 1.05. The van der Waals surface area contributed by atoms with Crippen LogP contribution in [0, 0.1) is 5.92 Å². The predicted octanol–water partition coefficient (Wildman–Crippen LogP) is 4.36. The van der Waals surface area contributed by atoms with Crippen molar-refractivity contribution in [1.29, 1.82) is 0 Å². The van der Waals surface area contributed by atoms with Gasteiger partial charge in [-0.15, -0.1) is 0 Å². The lowest BCUT2D eigenvalue weighted by atomic mass is 9.99. The molecule has 1 unspecified atom stereocenters. The van der Waals surface area contributed by atoms with E-state index in [0.717, 1.165) is 18.4 Å². The largest absolute Gasteiger partial charge is 0.391 e. The standard InChI is InChI=1S/C17H25NO2/c1-3-4-5-7-10-15(2)17(19)13-18-20-14-16-11-8-6-9-12-16/h6,8-9,11-13,15H,3-5,7,10,14H2,1-2H3/b18-13+. The predicted molar refractivity (Wildman–Crippen MR) is 82.7 cm³/mol. The van der Waals surface area contributed by atoms with Crippen molar-refractivity contribution in [2.24, 2.45) is 11.1 Å². The molecule has 110 valence electrons. The van der Waals surface area contributed by atoms with Crippen LogP contribution < -0.4 is 0 Å². The van der Waals surface area contributed by atoms with Crippen LogP contribution in [0.25, 0.3) is 0 Å². The fourth-order valence-corrected chi connectivity index (χ4v) is 1.92. The summed E-state index contributed by atoms with van der Waals surface area (Å²) >= 11 is 0. The maximum absolute atomic E-state index is 11.8. The minimum absolute atomic E-state index is 0.0379. The zero-order chi connectivity index (χ0) is 14.6. The zero-order valence-corrected chi connectivity index (χ0v) is 12.5. The summed E-state index contributed by atoms with van der Waals surface area (Å²) in [6.07, 6.45) is 7.03. The van der Waals surface area contributed by atoms with Crippen molar-refractivity contribution in [3.63, 3.8) is 0 Å². The van der Waals surface area contributed by atoms with Crippen LogP contribution in [0.4, 0.5) is 0 Å². The van der Waals surface area contributed by atoms with Crippen molar-refractivity contribution in [1.82, 2.24) is 0 Å². The van der Waals surface area contributed by atoms with Gasteiger partial charge in [0.2, 0.25) is 0 Å². The molecular formula is C17H25NO2. The van der Waals surface area contributed by atoms with E-state index in [-0.39, 0.29) is 11.7 Å². The van der Waals surface area contributed by atoms with Gasteiger partial charge in [-0.25, -0.2) is 0 Å². The van der Waals surface area contributed by atoms with E-state index in [2.05, 4.69) is 12.1 Å². The topological polar surface area (TPSA) is 38.7 Å². The Kier molecular flexibility index (Phi) is 8.36. The molecule has 1 rings (SSSR count). The number of carbonyl (C=O) groups excluding carboxylic acids is 1. The molecular weight excluding hydrogens is 250 g/mol. The monoisotopic (exact) mass is 275 g/mol. The molecule has 1 aromatic rings. The highest BCUT2D eigenvalue weighted by atomic mass is 16.6. The van der Waals surface area contributed by atoms with Crippen LogP contribution >= 0.6 is 0 Å². The molecule has 0 radical (unpaired) electrons. The van der Waals surface area contributed by atoms with E-state index in [0.29, 0.717) is 6.61 Å². The first kappa shape index (κ1) is 16.4. The SMILES string of the molecule is CCCCCCC(C)C(=O)/C=N/OCc1ccccc1. The van der Waals surface area contributed by atoms with Crippen molar-refractivity contribution < 1.29 is 9.63 Å². The van der Waals surface area contributed by atoms with Gasteiger partial charge in [0.15, 0.2) is 5.78 Å². The van der Waals surface area contributed by atoms with Gasteiger partial charge in [-0.1, -0.05) is 75.0 Å². The Balaban J connectivity index is 2.18. The van der Waals surface area contributed by atoms with Gasteiger partial charge in [0.1, 0.15) is 12.8 Å². The van der Waals surface area contributed by atoms with E-state index in [1.165, 1.54) is 25.5 Å². The highest BCUT2D eigenvalue weighted by molar-refractivity contribution is 6.28. The van der Waals surface area contributed by atoms with Crippen LogP contribution in [-0.2, 0) is 16.2 Å². The van der Waals surface area contributed by atoms with E-state index in [4.69, 9.17) is 4.84 Å².